The van der Waals surface area contributed by atoms with Gasteiger partial charge in [-0.3, -0.25) is 0 Å². The summed E-state index contributed by atoms with van der Waals surface area (Å²) in [4.78, 5) is 4.35. The van der Waals surface area contributed by atoms with Crippen LogP contribution in [0.25, 0.3) is 16.8 Å². The molecule has 0 spiro atoms. The lowest BCUT2D eigenvalue weighted by atomic mass is 10.2. The van der Waals surface area contributed by atoms with Gasteiger partial charge in [0, 0.05) is 15.4 Å². The minimum atomic E-state index is -0.152. The summed E-state index contributed by atoms with van der Waals surface area (Å²) >= 11 is 10.2. The molecule has 1 aromatic heterocycles. The van der Waals surface area contributed by atoms with Crippen LogP contribution in [0, 0.1) is 11.3 Å². The summed E-state index contributed by atoms with van der Waals surface area (Å²) in [5.41, 5.74) is 1.85. The predicted molar refractivity (Wildman–Crippen MR) is 81.1 cm³/mol. The minimum absolute atomic E-state index is 0.101. The van der Waals surface area contributed by atoms with Crippen LogP contribution >= 0.6 is 38.9 Å². The molecule has 0 unspecified atom stereocenters. The molecule has 0 bridgehead atoms. The number of nitriles is 1. The normalized spacial score (nSPS) is 11.8. The number of halogens is 2. The van der Waals surface area contributed by atoms with E-state index in [1.54, 1.807) is 0 Å². The average molecular weight is 356 g/mol. The highest BCUT2D eigenvalue weighted by Gasteiger charge is 2.13. The fourth-order valence-electron chi connectivity index (χ4n) is 1.44. The van der Waals surface area contributed by atoms with Gasteiger partial charge in [-0.2, -0.15) is 5.26 Å². The van der Waals surface area contributed by atoms with Gasteiger partial charge in [0.1, 0.15) is 22.4 Å². The van der Waals surface area contributed by atoms with Crippen LogP contribution in [-0.4, -0.2) is 16.0 Å². The van der Waals surface area contributed by atoms with Crippen molar-refractivity contribution in [3.63, 3.8) is 0 Å². The van der Waals surface area contributed by atoms with Crippen molar-refractivity contribution in [1.82, 2.24) is 4.98 Å². The number of allylic oxidation sites excluding steroid dienone is 2. The number of hydrogen-bond donors (Lipinski definition) is 1. The van der Waals surface area contributed by atoms with Crippen molar-refractivity contribution in [1.29, 1.82) is 5.26 Å². The Morgan fingerprint density at radius 1 is 1.42 bits per heavy atom. The molecule has 0 aliphatic rings. The van der Waals surface area contributed by atoms with Crippen LogP contribution in [0.4, 0.5) is 0 Å². The predicted octanol–water partition coefficient (Wildman–Crippen LogP) is 4.60. The molecule has 3 nitrogen and oxygen atoms in total. The maximum Gasteiger partial charge on any atom is 0.138 e. The van der Waals surface area contributed by atoms with Crippen molar-refractivity contribution < 1.29 is 5.11 Å². The van der Waals surface area contributed by atoms with Gasteiger partial charge in [0.2, 0.25) is 0 Å². The summed E-state index contributed by atoms with van der Waals surface area (Å²) in [5.74, 6) is -0.253. The summed E-state index contributed by atoms with van der Waals surface area (Å²) in [6, 6.07) is 9.63. The zero-order chi connectivity index (χ0) is 13.8. The third kappa shape index (κ3) is 3.16. The Balaban J connectivity index is 2.39. The highest BCUT2D eigenvalue weighted by atomic mass is 79.9. The first-order valence-electron chi connectivity index (χ1n) is 5.25. The van der Waals surface area contributed by atoms with Gasteiger partial charge in [0.25, 0.3) is 0 Å². The Morgan fingerprint density at radius 2 is 2.11 bits per heavy atom. The second-order valence-electron chi connectivity index (χ2n) is 3.61. The molecular formula is C13H8BrClN2OS. The van der Waals surface area contributed by atoms with E-state index < -0.39 is 0 Å². The van der Waals surface area contributed by atoms with E-state index in [0.717, 1.165) is 15.7 Å². The molecule has 0 aliphatic heterocycles. The number of benzene rings is 1. The van der Waals surface area contributed by atoms with Crippen molar-refractivity contribution in [2.45, 2.75) is 0 Å². The van der Waals surface area contributed by atoms with Crippen molar-refractivity contribution in [3.8, 4) is 17.3 Å². The second kappa shape index (κ2) is 6.20. The maximum absolute atomic E-state index is 9.57. The Kier molecular flexibility index (Phi) is 4.59. The van der Waals surface area contributed by atoms with E-state index in [1.807, 2.05) is 35.7 Å². The van der Waals surface area contributed by atoms with E-state index in [2.05, 4.69) is 20.9 Å². The first-order chi connectivity index (χ1) is 9.15. The number of hydrogen-bond acceptors (Lipinski definition) is 4. The van der Waals surface area contributed by atoms with Crippen molar-refractivity contribution in [2.75, 3.05) is 5.88 Å². The van der Waals surface area contributed by atoms with Crippen LogP contribution in [0.3, 0.4) is 0 Å². The van der Waals surface area contributed by atoms with Gasteiger partial charge in [0.05, 0.1) is 11.6 Å². The maximum atomic E-state index is 9.57. The van der Waals surface area contributed by atoms with E-state index in [4.69, 9.17) is 16.9 Å². The molecule has 1 N–H and O–H groups in total. The fraction of sp³-hybridized carbons (Fsp3) is 0.0769. The molecule has 0 fully saturated rings. The molecule has 0 saturated heterocycles. The van der Waals surface area contributed by atoms with Crippen LogP contribution < -0.4 is 0 Å². The van der Waals surface area contributed by atoms with E-state index in [1.165, 1.54) is 11.3 Å². The molecule has 0 amide bonds. The Bertz CT molecular complexity index is 658. The third-order valence-electron chi connectivity index (χ3n) is 2.38. The lowest BCUT2D eigenvalue weighted by molar-refractivity contribution is 0.420. The number of nitrogens with zero attached hydrogens (tertiary/aromatic N) is 2. The van der Waals surface area contributed by atoms with Gasteiger partial charge in [0.15, 0.2) is 0 Å². The summed E-state index contributed by atoms with van der Waals surface area (Å²) < 4.78 is 0.990. The molecule has 2 rings (SSSR count). The van der Waals surface area contributed by atoms with Crippen LogP contribution in [0.1, 0.15) is 5.01 Å². The van der Waals surface area contributed by atoms with Crippen molar-refractivity contribution >= 4 is 44.4 Å². The molecule has 6 heteroatoms. The quantitative estimate of drug-likeness (QED) is 0.497. The lowest BCUT2D eigenvalue weighted by Gasteiger charge is -1.98. The van der Waals surface area contributed by atoms with E-state index in [0.29, 0.717) is 5.01 Å². The van der Waals surface area contributed by atoms with Gasteiger partial charge in [-0.1, -0.05) is 28.1 Å². The fourth-order valence-corrected chi connectivity index (χ4v) is 2.69. The topological polar surface area (TPSA) is 56.9 Å². The third-order valence-corrected chi connectivity index (χ3v) is 4.03. The van der Waals surface area contributed by atoms with E-state index in [-0.39, 0.29) is 17.2 Å². The van der Waals surface area contributed by atoms with Crippen LogP contribution in [-0.2, 0) is 0 Å². The minimum Gasteiger partial charge on any atom is -0.510 e. The standard InChI is InChI=1S/C13H8BrClN2OS/c14-9-3-1-8(2-4-9)11-7-19-13(17-11)10(6-16)12(18)5-15/h1-4,7,18H,5H2. The summed E-state index contributed by atoms with van der Waals surface area (Å²) in [5, 5.41) is 20.9. The van der Waals surface area contributed by atoms with Crippen LogP contribution in [0.2, 0.25) is 0 Å². The number of alkyl halides is 1. The highest BCUT2D eigenvalue weighted by molar-refractivity contribution is 9.10. The molecule has 96 valence electrons. The molecule has 0 atom stereocenters. The zero-order valence-corrected chi connectivity index (χ0v) is 12.8. The van der Waals surface area contributed by atoms with Crippen LogP contribution in [0.15, 0.2) is 39.9 Å². The summed E-state index contributed by atoms with van der Waals surface area (Å²) in [6.45, 7) is 0. The van der Waals surface area contributed by atoms with Gasteiger partial charge in [-0.05, 0) is 12.1 Å². The molecular weight excluding hydrogens is 348 g/mol. The number of thiazole rings is 1. The smallest absolute Gasteiger partial charge is 0.138 e. The van der Waals surface area contributed by atoms with Gasteiger partial charge in [-0.15, -0.1) is 22.9 Å². The summed E-state index contributed by atoms with van der Waals surface area (Å²) in [6.07, 6.45) is 0. The zero-order valence-electron chi connectivity index (χ0n) is 9.60. The number of rotatable bonds is 3. The SMILES string of the molecule is N#CC(=C(O)CCl)c1nc(-c2ccc(Br)cc2)cs1. The number of aliphatic hydroxyl groups excluding tert-OH is 1. The van der Waals surface area contributed by atoms with Gasteiger partial charge in [-0.25, -0.2) is 4.98 Å². The van der Waals surface area contributed by atoms with Gasteiger partial charge >= 0.3 is 0 Å². The largest absolute Gasteiger partial charge is 0.510 e. The highest BCUT2D eigenvalue weighted by Crippen LogP contribution is 2.28. The second-order valence-corrected chi connectivity index (χ2v) is 5.65. The van der Waals surface area contributed by atoms with E-state index in [9.17, 15) is 5.11 Å². The molecule has 0 aliphatic carbocycles. The molecule has 2 aromatic rings. The number of aromatic nitrogens is 1. The van der Waals surface area contributed by atoms with Crippen molar-refractivity contribution in [2.24, 2.45) is 0 Å². The molecule has 1 heterocycles. The van der Waals surface area contributed by atoms with Crippen molar-refractivity contribution in [3.05, 3.63) is 44.9 Å². The molecule has 0 saturated carbocycles. The molecule has 1 aromatic carbocycles. The monoisotopic (exact) mass is 354 g/mol. The molecule has 0 radical (unpaired) electrons. The number of aliphatic hydroxyl groups is 1. The van der Waals surface area contributed by atoms with Gasteiger partial charge < -0.3 is 5.11 Å². The Morgan fingerprint density at radius 3 is 2.68 bits per heavy atom. The first-order valence-corrected chi connectivity index (χ1v) is 7.46. The molecule has 19 heavy (non-hydrogen) atoms. The van der Waals surface area contributed by atoms with Crippen LogP contribution in [0.5, 0.6) is 0 Å². The first kappa shape index (κ1) is 14.1. The summed E-state index contributed by atoms with van der Waals surface area (Å²) in [7, 11) is 0. The van der Waals surface area contributed by atoms with E-state index >= 15 is 0 Å². The Labute approximate surface area is 127 Å². The lowest BCUT2D eigenvalue weighted by Crippen LogP contribution is -1.90. The average Bonchev–Trinajstić information content (AvgIpc) is 2.89. The Hall–Kier alpha value is -1.35.